The van der Waals surface area contributed by atoms with Gasteiger partial charge in [-0.25, -0.2) is 9.78 Å². The van der Waals surface area contributed by atoms with Crippen LogP contribution in [0.5, 0.6) is 0 Å². The highest BCUT2D eigenvalue weighted by atomic mass is 16.4. The minimum atomic E-state index is -2.74. The van der Waals surface area contributed by atoms with Crippen molar-refractivity contribution >= 4 is 28.9 Å². The molecule has 5 N–H and O–H groups in total. The number of fused-ring (bicyclic) bond motifs is 1. The number of hydrogen-bond acceptors (Lipinski definition) is 7. The lowest BCUT2D eigenvalue weighted by Gasteiger charge is -2.38. The summed E-state index contributed by atoms with van der Waals surface area (Å²) in [5.41, 5.74) is 1.14. The number of aryl methyl sites for hydroxylation is 2. The second-order valence-electron chi connectivity index (χ2n) is 10.3. The number of carboxylic acid groups (broad SMARTS) is 3. The molecule has 0 saturated carbocycles. The van der Waals surface area contributed by atoms with Crippen molar-refractivity contribution in [2.45, 2.75) is 70.2 Å². The highest BCUT2D eigenvalue weighted by Gasteiger charge is 2.40. The molecule has 3 aromatic rings. The number of carboxylic acids is 3. The molecule has 1 saturated heterocycles. The number of carbonyl (C=O) groups is 3. The van der Waals surface area contributed by atoms with Gasteiger partial charge in [0.1, 0.15) is 5.82 Å². The normalized spacial score (nSPS) is 15.3. The molecular formula is C29H37N3O8. The van der Waals surface area contributed by atoms with E-state index < -0.39 is 42.0 Å². The lowest BCUT2D eigenvalue weighted by molar-refractivity contribution is -0.170. The molecule has 0 spiro atoms. The van der Waals surface area contributed by atoms with Gasteiger partial charge in [0.05, 0.1) is 36.0 Å². The fourth-order valence-corrected chi connectivity index (χ4v) is 4.87. The Morgan fingerprint density at radius 1 is 0.950 bits per heavy atom. The molecular weight excluding hydrogens is 518 g/mol. The van der Waals surface area contributed by atoms with Gasteiger partial charge >= 0.3 is 17.9 Å². The Kier molecular flexibility index (Phi) is 10.0. The summed E-state index contributed by atoms with van der Waals surface area (Å²) in [6, 6.07) is 16.7. The second-order valence-corrected chi connectivity index (χ2v) is 10.3. The Bertz CT molecular complexity index is 1310. The van der Waals surface area contributed by atoms with Crippen LogP contribution in [0.1, 0.15) is 56.0 Å². The molecule has 1 aliphatic heterocycles. The van der Waals surface area contributed by atoms with Crippen molar-refractivity contribution in [3.63, 3.8) is 0 Å². The van der Waals surface area contributed by atoms with Crippen molar-refractivity contribution in [1.82, 2.24) is 14.5 Å². The van der Waals surface area contributed by atoms with Gasteiger partial charge in [-0.1, -0.05) is 48.9 Å². The first-order chi connectivity index (χ1) is 18.9. The lowest BCUT2D eigenvalue weighted by Crippen LogP contribution is -2.42. The van der Waals surface area contributed by atoms with E-state index in [-0.39, 0.29) is 0 Å². The van der Waals surface area contributed by atoms with Gasteiger partial charge in [-0.05, 0) is 43.9 Å². The van der Waals surface area contributed by atoms with Gasteiger partial charge in [0.25, 0.3) is 0 Å². The van der Waals surface area contributed by atoms with E-state index in [2.05, 4.69) is 71.8 Å². The van der Waals surface area contributed by atoms with E-state index in [1.807, 2.05) is 0 Å². The highest BCUT2D eigenvalue weighted by Crippen LogP contribution is 2.33. The van der Waals surface area contributed by atoms with Crippen LogP contribution in [-0.2, 0) is 33.1 Å². The third kappa shape index (κ3) is 7.65. The fourth-order valence-electron chi connectivity index (χ4n) is 4.87. The molecule has 11 heteroatoms. The van der Waals surface area contributed by atoms with Crippen LogP contribution < -0.4 is 0 Å². The molecule has 0 amide bonds. The zero-order valence-corrected chi connectivity index (χ0v) is 22.8. The average Bonchev–Trinajstić information content (AvgIpc) is 3.22. The molecule has 0 aliphatic carbocycles. The molecule has 1 aliphatic rings. The molecule has 0 bridgehead atoms. The summed E-state index contributed by atoms with van der Waals surface area (Å²) in [6.45, 7) is 7.91. The van der Waals surface area contributed by atoms with Crippen molar-refractivity contribution in [2.24, 2.45) is 0 Å². The summed E-state index contributed by atoms with van der Waals surface area (Å²) in [6.07, 6.45) is 0.345. The number of piperidine rings is 1. The van der Waals surface area contributed by atoms with Crippen molar-refractivity contribution in [3.8, 4) is 0 Å². The van der Waals surface area contributed by atoms with Crippen LogP contribution in [0, 0.1) is 6.92 Å². The number of aliphatic carboxylic acids is 3. The van der Waals surface area contributed by atoms with Crippen molar-refractivity contribution < 1.29 is 39.9 Å². The molecule has 11 nitrogen and oxygen atoms in total. The first-order valence-corrected chi connectivity index (χ1v) is 13.2. The number of likely N-dealkylation sites (tertiary alicyclic amines) is 1. The van der Waals surface area contributed by atoms with E-state index in [0.29, 0.717) is 0 Å². The minimum absolute atomic E-state index is 0.701. The van der Waals surface area contributed by atoms with Crippen LogP contribution in [0.25, 0.3) is 11.0 Å². The largest absolute Gasteiger partial charge is 0.481 e. The topological polar surface area (TPSA) is 173 Å². The standard InChI is InChI=1S/C23H29N3O.C6H8O7/c1-3-14-26-21-7-5-4-6-20(21)24-22(26)17-25-15-12-23(27,13-16-25)19-10-8-18(2)9-11-19;7-3(8)1-6(13,5(11)12)2-4(9)10/h4-11,27H,3,12-17H2,1-2H3;13H,1-2H2,(H,7,8)(H,9,10)(H,11,12). The van der Waals surface area contributed by atoms with Gasteiger partial charge < -0.3 is 30.1 Å². The number of benzene rings is 2. The monoisotopic (exact) mass is 555 g/mol. The van der Waals surface area contributed by atoms with Crippen molar-refractivity contribution in [3.05, 3.63) is 65.5 Å². The summed E-state index contributed by atoms with van der Waals surface area (Å²) in [7, 11) is 0. The van der Waals surface area contributed by atoms with E-state index >= 15 is 0 Å². The number of para-hydroxylation sites is 2. The van der Waals surface area contributed by atoms with Gasteiger partial charge in [0, 0.05) is 19.6 Å². The average molecular weight is 556 g/mol. The first-order valence-electron chi connectivity index (χ1n) is 13.2. The van der Waals surface area contributed by atoms with E-state index in [1.165, 1.54) is 11.1 Å². The summed E-state index contributed by atoms with van der Waals surface area (Å²) in [5, 5.41) is 44.9. The molecule has 2 aromatic carbocycles. The second kappa shape index (κ2) is 13.0. The maximum Gasteiger partial charge on any atom is 0.336 e. The Morgan fingerprint density at radius 2 is 1.52 bits per heavy atom. The van der Waals surface area contributed by atoms with E-state index in [1.54, 1.807) is 0 Å². The lowest BCUT2D eigenvalue weighted by atomic mass is 9.84. The van der Waals surface area contributed by atoms with Crippen LogP contribution in [-0.4, -0.2) is 76.6 Å². The maximum absolute atomic E-state index is 11.1. The quantitative estimate of drug-likeness (QED) is 0.250. The SMILES string of the molecule is CCCn1c(CN2CCC(O)(c3ccc(C)cc3)CC2)nc2ccccc21.O=C(O)CC(O)(CC(=O)O)C(=O)O. The van der Waals surface area contributed by atoms with E-state index in [4.69, 9.17) is 25.4 Å². The highest BCUT2D eigenvalue weighted by molar-refractivity contribution is 5.88. The minimum Gasteiger partial charge on any atom is -0.481 e. The van der Waals surface area contributed by atoms with Crippen LogP contribution in [0.4, 0.5) is 0 Å². The van der Waals surface area contributed by atoms with Gasteiger partial charge in [-0.15, -0.1) is 0 Å². The van der Waals surface area contributed by atoms with Crippen molar-refractivity contribution in [1.29, 1.82) is 0 Å². The molecule has 1 fully saturated rings. The Hall–Kier alpha value is -3.80. The maximum atomic E-state index is 11.1. The Morgan fingerprint density at radius 3 is 2.05 bits per heavy atom. The summed E-state index contributed by atoms with van der Waals surface area (Å²) >= 11 is 0. The van der Waals surface area contributed by atoms with Crippen LogP contribution in [0.2, 0.25) is 0 Å². The number of aromatic nitrogens is 2. The van der Waals surface area contributed by atoms with Gasteiger partial charge in [0.15, 0.2) is 5.60 Å². The Balaban J connectivity index is 0.000000289. The third-order valence-corrected chi connectivity index (χ3v) is 7.10. The molecule has 1 aromatic heterocycles. The molecule has 216 valence electrons. The predicted octanol–water partition coefficient (Wildman–Crippen LogP) is 2.99. The first kappa shape index (κ1) is 30.7. The molecule has 40 heavy (non-hydrogen) atoms. The van der Waals surface area contributed by atoms with Gasteiger partial charge in [-0.2, -0.15) is 0 Å². The number of aliphatic hydroxyl groups is 2. The number of nitrogens with zero attached hydrogens (tertiary/aromatic N) is 3. The fraction of sp³-hybridized carbons (Fsp3) is 0.448. The van der Waals surface area contributed by atoms with E-state index in [9.17, 15) is 19.5 Å². The summed E-state index contributed by atoms with van der Waals surface area (Å²) in [5.74, 6) is -3.88. The molecule has 4 rings (SSSR count). The smallest absolute Gasteiger partial charge is 0.336 e. The number of hydrogen-bond donors (Lipinski definition) is 5. The van der Waals surface area contributed by atoms with Crippen LogP contribution in [0.3, 0.4) is 0 Å². The molecule has 0 unspecified atom stereocenters. The molecule has 0 atom stereocenters. The van der Waals surface area contributed by atoms with Gasteiger partial charge in [0.2, 0.25) is 0 Å². The van der Waals surface area contributed by atoms with Crippen LogP contribution >= 0.6 is 0 Å². The summed E-state index contributed by atoms with van der Waals surface area (Å²) in [4.78, 5) is 37.8. The van der Waals surface area contributed by atoms with Crippen molar-refractivity contribution in [2.75, 3.05) is 13.1 Å². The third-order valence-electron chi connectivity index (χ3n) is 7.10. The zero-order valence-electron chi connectivity index (χ0n) is 22.8. The van der Waals surface area contributed by atoms with E-state index in [0.717, 1.165) is 62.3 Å². The molecule has 2 heterocycles. The summed E-state index contributed by atoms with van der Waals surface area (Å²) < 4.78 is 2.36. The van der Waals surface area contributed by atoms with Gasteiger partial charge in [-0.3, -0.25) is 14.5 Å². The number of rotatable bonds is 10. The number of imidazole rings is 1. The van der Waals surface area contributed by atoms with Crippen LogP contribution in [0.15, 0.2) is 48.5 Å². The zero-order chi connectivity index (χ0) is 29.5. The Labute approximate surface area is 232 Å². The molecule has 0 radical (unpaired) electrons. The predicted molar refractivity (Wildman–Crippen MR) is 147 cm³/mol.